The van der Waals surface area contributed by atoms with Crippen molar-refractivity contribution in [2.45, 2.75) is 191 Å². The first-order chi connectivity index (χ1) is 24.6. The maximum Gasteiger partial charge on any atom is 2.00 e. The van der Waals surface area contributed by atoms with Crippen LogP contribution in [0.15, 0.2) is 0 Å². The van der Waals surface area contributed by atoms with Crippen molar-refractivity contribution in [1.82, 2.24) is 0 Å². The van der Waals surface area contributed by atoms with Crippen LogP contribution >= 0.6 is 0 Å². The van der Waals surface area contributed by atoms with Gasteiger partial charge in [-0.25, -0.2) is 8.42 Å². The zero-order valence-corrected chi connectivity index (χ0v) is 36.1. The number of carboxylic acid groups (broad SMARTS) is 2. The molecule has 308 valence electrons. The summed E-state index contributed by atoms with van der Waals surface area (Å²) in [5, 5.41) is 14.7. The molecule has 0 spiro atoms. The number of esters is 2. The third kappa shape index (κ3) is 37.7. The summed E-state index contributed by atoms with van der Waals surface area (Å²) in [6.45, 7) is 4.65. The topological polar surface area (TPSA) is 242 Å². The van der Waals surface area contributed by atoms with Gasteiger partial charge >= 0.3 is 55.6 Å². The van der Waals surface area contributed by atoms with Gasteiger partial charge in [-0.3, -0.25) is 18.9 Å². The van der Waals surface area contributed by atoms with Gasteiger partial charge in [0.15, 0.2) is 5.25 Å². The van der Waals surface area contributed by atoms with Crippen LogP contribution in [-0.2, 0) is 48.9 Å². The number of rotatable bonds is 34. The Kier molecular flexibility index (Phi) is 38.9. The van der Waals surface area contributed by atoms with Crippen LogP contribution in [0.4, 0.5) is 0 Å². The fourth-order valence-corrected chi connectivity index (χ4v) is 6.48. The average molecular weight is 827 g/mol. The fourth-order valence-electron chi connectivity index (χ4n) is 5.30. The van der Waals surface area contributed by atoms with Crippen LogP contribution < -0.4 is 5.11 Å². The molecule has 0 aliphatic rings. The molecule has 0 saturated carbocycles. The van der Waals surface area contributed by atoms with Gasteiger partial charge in [0.2, 0.25) is 0 Å². The van der Waals surface area contributed by atoms with E-state index in [1.807, 2.05) is 0 Å². The molecule has 17 heteroatoms. The van der Waals surface area contributed by atoms with E-state index in [1.165, 1.54) is 103 Å². The van der Waals surface area contributed by atoms with Crippen LogP contribution in [0, 0.1) is 0 Å². The summed E-state index contributed by atoms with van der Waals surface area (Å²) in [6.07, 6.45) is 26.2. The Balaban J connectivity index is -0.000000926. The van der Waals surface area contributed by atoms with Gasteiger partial charge in [-0.05, 0) is 12.8 Å². The molecule has 53 heavy (non-hydrogen) atoms. The largest absolute Gasteiger partial charge is 2.00 e. The summed E-state index contributed by atoms with van der Waals surface area (Å²) in [5.41, 5.74) is 0. The summed E-state index contributed by atoms with van der Waals surface area (Å²) < 4.78 is 72.2. The molecule has 0 fully saturated rings. The molecule has 2 unspecified atom stereocenters. The monoisotopic (exact) mass is 826 g/mol. The molecule has 14 nitrogen and oxygen atoms in total. The third-order valence-electron chi connectivity index (χ3n) is 8.47. The van der Waals surface area contributed by atoms with Crippen molar-refractivity contribution in [3.8, 4) is 0 Å². The Hall–Kier alpha value is -1.04. The first-order valence-electron chi connectivity index (χ1n) is 19.2. The van der Waals surface area contributed by atoms with Crippen LogP contribution in [0.1, 0.15) is 181 Å². The van der Waals surface area contributed by atoms with Crippen LogP contribution in [0.3, 0.4) is 0 Å². The molecular weight excluding hydrogens is 761 g/mol. The van der Waals surface area contributed by atoms with E-state index in [4.69, 9.17) is 19.1 Å². The Morgan fingerprint density at radius 3 is 1.02 bits per heavy atom. The van der Waals surface area contributed by atoms with Crippen molar-refractivity contribution in [3.63, 3.8) is 0 Å². The summed E-state index contributed by atoms with van der Waals surface area (Å²) >= 11 is 0. The van der Waals surface area contributed by atoms with Crippen molar-refractivity contribution in [1.29, 1.82) is 0 Å². The van der Waals surface area contributed by atoms with Gasteiger partial charge in [-0.2, -0.15) is 8.42 Å². The van der Waals surface area contributed by atoms with Crippen LogP contribution in [0.5, 0.6) is 0 Å². The molecule has 2 atom stereocenters. The Morgan fingerprint density at radius 1 is 0.528 bits per heavy atom. The molecule has 0 saturated heterocycles. The molecule has 2 N–H and O–H groups in total. The smallest absolute Gasteiger partial charge is 0.747 e. The van der Waals surface area contributed by atoms with E-state index < -0.39 is 67.5 Å². The van der Waals surface area contributed by atoms with Crippen molar-refractivity contribution in [3.05, 3.63) is 0 Å². The molecule has 0 aromatic heterocycles. The van der Waals surface area contributed by atoms with Crippen molar-refractivity contribution >= 4 is 81.9 Å². The van der Waals surface area contributed by atoms with Crippen molar-refractivity contribution < 1.29 is 64.8 Å². The average Bonchev–Trinajstić information content (AvgIpc) is 3.05. The van der Waals surface area contributed by atoms with E-state index in [2.05, 4.69) is 13.8 Å². The quantitative estimate of drug-likeness (QED) is 0.0334. The van der Waals surface area contributed by atoms with Crippen LogP contribution in [0.25, 0.3) is 0 Å². The first kappa shape index (κ1) is 56.3. The zero-order chi connectivity index (χ0) is 39.7. The number of carbonyl (C=O) groups excluding carboxylic acids is 3. The number of ether oxygens (including phenoxy) is 2. The van der Waals surface area contributed by atoms with Gasteiger partial charge in [-0.15, -0.1) is 0 Å². The summed E-state index contributed by atoms with van der Waals surface area (Å²) in [5.74, 6) is -5.79. The molecule has 0 aliphatic heterocycles. The Labute approximate surface area is 348 Å². The molecule has 0 heterocycles. The summed E-state index contributed by atoms with van der Waals surface area (Å²) in [7, 11) is -9.95. The predicted octanol–water partition coefficient (Wildman–Crippen LogP) is 5.87. The minimum atomic E-state index is -5.13. The predicted molar refractivity (Wildman–Crippen MR) is 201 cm³/mol. The maximum atomic E-state index is 11.4. The van der Waals surface area contributed by atoms with Crippen molar-refractivity contribution in [2.24, 2.45) is 0 Å². The number of hydrogen-bond donors (Lipinski definition) is 2. The van der Waals surface area contributed by atoms with E-state index in [0.29, 0.717) is 12.8 Å². The van der Waals surface area contributed by atoms with Gasteiger partial charge in [0, 0.05) is 0 Å². The summed E-state index contributed by atoms with van der Waals surface area (Å²) in [4.78, 5) is 44.1. The van der Waals surface area contributed by atoms with E-state index in [9.17, 15) is 45.7 Å². The molecular formula is C36H66CaO14S2. The number of hydrogen-bond acceptors (Lipinski definition) is 12. The van der Waals surface area contributed by atoms with Crippen LogP contribution in [0.2, 0.25) is 0 Å². The Morgan fingerprint density at radius 2 is 0.792 bits per heavy atom. The SMILES string of the molecule is CCCCCCCCCCCCCCOC(=O)CC(C(=O)O)S(=O)(=O)O.CCCCCCCCCCCCCCOC(=O)CC(C(=O)[O-])S(=O)(=O)[O-].[Ca+2]. The van der Waals surface area contributed by atoms with Gasteiger partial charge in [0.05, 0.1) is 37.3 Å². The van der Waals surface area contributed by atoms with Gasteiger partial charge < -0.3 is 29.0 Å². The number of aliphatic carboxylic acids is 2. The van der Waals surface area contributed by atoms with Gasteiger partial charge in [-0.1, -0.05) is 155 Å². The molecule has 0 radical (unpaired) electrons. The summed E-state index contributed by atoms with van der Waals surface area (Å²) in [6, 6.07) is 0. The minimum absolute atomic E-state index is 0. The fraction of sp³-hybridized carbons (Fsp3) is 0.889. The molecule has 0 aromatic rings. The molecule has 0 bridgehead atoms. The number of carboxylic acids is 2. The molecule has 0 aromatic carbocycles. The van der Waals surface area contributed by atoms with E-state index >= 15 is 0 Å². The van der Waals surface area contributed by atoms with Gasteiger partial charge in [0.1, 0.15) is 10.1 Å². The van der Waals surface area contributed by atoms with Crippen molar-refractivity contribution in [2.75, 3.05) is 13.2 Å². The normalized spacial score (nSPS) is 12.5. The second-order valence-corrected chi connectivity index (χ2v) is 16.4. The number of unbranched alkanes of at least 4 members (excludes halogenated alkanes) is 22. The second-order valence-electron chi connectivity index (χ2n) is 13.3. The maximum absolute atomic E-state index is 11.4. The Bertz CT molecular complexity index is 1070. The second kappa shape index (κ2) is 36.6. The molecule has 0 amide bonds. The van der Waals surface area contributed by atoms with Gasteiger partial charge in [0.25, 0.3) is 10.1 Å². The van der Waals surface area contributed by atoms with E-state index in [1.54, 1.807) is 0 Å². The molecule has 0 rings (SSSR count). The van der Waals surface area contributed by atoms with Crippen LogP contribution in [-0.4, -0.2) is 116 Å². The van der Waals surface area contributed by atoms with E-state index in [0.717, 1.165) is 38.5 Å². The first-order valence-corrected chi connectivity index (χ1v) is 22.2. The third-order valence-corrected chi connectivity index (χ3v) is 10.6. The molecule has 0 aliphatic carbocycles. The minimum Gasteiger partial charge on any atom is -0.747 e. The number of carbonyl (C=O) groups is 4. The zero-order valence-electron chi connectivity index (χ0n) is 32.3. The standard InChI is InChI=1S/2C18H34O7S.Ca/c2*1-2-3-4-5-6-7-8-9-10-11-12-13-14-25-17(19)15-16(18(20)21)26(22,23)24;/h2*16H,2-15H2,1H3,(H,20,21)(H,22,23,24);/q;;+2/p-2. The van der Waals surface area contributed by atoms with E-state index in [-0.39, 0.29) is 51.0 Å².